The molecule has 0 radical (unpaired) electrons. The molecule has 0 bridgehead atoms. The Morgan fingerprint density at radius 2 is 1.64 bits per heavy atom. The Morgan fingerprint density at radius 1 is 0.929 bits per heavy atom. The van der Waals surface area contributed by atoms with Gasteiger partial charge in [-0.2, -0.15) is 0 Å². The van der Waals surface area contributed by atoms with Crippen molar-refractivity contribution < 1.29 is 23.7 Å². The topological polar surface area (TPSA) is 54.0 Å². The quantitative estimate of drug-likeness (QED) is 0.594. The normalized spacial score (nSPS) is 48.4. The zero-order chi connectivity index (χ0) is 19.2. The average Bonchev–Trinajstić information content (AvgIpc) is 3.38. The van der Waals surface area contributed by atoms with Crippen molar-refractivity contribution in [1.29, 1.82) is 0 Å². The van der Waals surface area contributed by atoms with Gasteiger partial charge in [-0.3, -0.25) is 4.79 Å². The molecule has 0 aromatic carbocycles. The lowest BCUT2D eigenvalue weighted by Gasteiger charge is -2.58. The van der Waals surface area contributed by atoms with Gasteiger partial charge in [0, 0.05) is 30.6 Å². The summed E-state index contributed by atoms with van der Waals surface area (Å²) in [7, 11) is 0. The maximum absolute atomic E-state index is 13.7. The maximum Gasteiger partial charge on any atom is 0.188 e. The minimum atomic E-state index is -0.517. The molecule has 154 valence electrons. The molecule has 5 heteroatoms. The predicted octanol–water partition coefficient (Wildman–Crippen LogP) is 3.61. The van der Waals surface area contributed by atoms with Crippen molar-refractivity contribution in [2.45, 2.75) is 70.4 Å². The molecule has 6 aliphatic rings. The highest BCUT2D eigenvalue weighted by atomic mass is 16.7. The lowest BCUT2D eigenvalue weighted by molar-refractivity contribution is -0.239. The van der Waals surface area contributed by atoms with Crippen molar-refractivity contribution in [3.05, 3.63) is 11.6 Å². The van der Waals surface area contributed by atoms with Gasteiger partial charge in [-0.15, -0.1) is 0 Å². The van der Waals surface area contributed by atoms with E-state index in [1.54, 1.807) is 0 Å². The van der Waals surface area contributed by atoms with E-state index in [0.717, 1.165) is 38.5 Å². The van der Waals surface area contributed by atoms with E-state index >= 15 is 0 Å². The van der Waals surface area contributed by atoms with E-state index in [0.29, 0.717) is 50.5 Å². The Morgan fingerprint density at radius 3 is 2.39 bits per heavy atom. The molecule has 5 fully saturated rings. The molecule has 0 unspecified atom stereocenters. The second kappa shape index (κ2) is 5.69. The van der Waals surface area contributed by atoms with Crippen LogP contribution in [0.25, 0.3) is 0 Å². The third kappa shape index (κ3) is 2.09. The van der Waals surface area contributed by atoms with Gasteiger partial charge in [-0.25, -0.2) is 0 Å². The fraction of sp³-hybridized carbons (Fsp3) is 0.870. The Balaban J connectivity index is 1.37. The van der Waals surface area contributed by atoms with Crippen molar-refractivity contribution in [3.63, 3.8) is 0 Å². The van der Waals surface area contributed by atoms with Crippen LogP contribution >= 0.6 is 0 Å². The first-order valence-electron chi connectivity index (χ1n) is 11.2. The first-order valence-corrected chi connectivity index (χ1v) is 11.2. The Bertz CT molecular complexity index is 731. The number of ketones is 1. The summed E-state index contributed by atoms with van der Waals surface area (Å²) in [4.78, 5) is 13.7. The van der Waals surface area contributed by atoms with Crippen LogP contribution in [0.5, 0.6) is 0 Å². The van der Waals surface area contributed by atoms with Gasteiger partial charge in [-0.1, -0.05) is 19.4 Å². The number of rotatable bonds is 0. The summed E-state index contributed by atoms with van der Waals surface area (Å²) in [6.07, 6.45) is 8.89. The minimum absolute atomic E-state index is 0.0466. The third-order valence-corrected chi connectivity index (χ3v) is 9.39. The second-order valence-corrected chi connectivity index (χ2v) is 10.4. The van der Waals surface area contributed by atoms with Crippen molar-refractivity contribution in [2.75, 3.05) is 26.4 Å². The molecule has 28 heavy (non-hydrogen) atoms. The van der Waals surface area contributed by atoms with E-state index in [-0.39, 0.29) is 16.7 Å². The van der Waals surface area contributed by atoms with Crippen molar-refractivity contribution >= 4 is 5.78 Å². The van der Waals surface area contributed by atoms with Crippen LogP contribution in [0.15, 0.2) is 11.6 Å². The van der Waals surface area contributed by atoms with Gasteiger partial charge in [0.25, 0.3) is 0 Å². The first kappa shape index (κ1) is 18.1. The number of hydrogen-bond acceptors (Lipinski definition) is 5. The number of fused-ring (bicyclic) bond motifs is 6. The average molecular weight is 389 g/mol. The molecule has 6 rings (SSSR count). The molecular formula is C23H32O5. The highest BCUT2D eigenvalue weighted by molar-refractivity contribution is 5.85. The summed E-state index contributed by atoms with van der Waals surface area (Å²) in [6, 6.07) is 0. The Kier molecular flexibility index (Phi) is 3.67. The molecule has 2 heterocycles. The van der Waals surface area contributed by atoms with Crippen LogP contribution in [0.4, 0.5) is 0 Å². The van der Waals surface area contributed by atoms with E-state index in [4.69, 9.17) is 18.9 Å². The zero-order valence-electron chi connectivity index (χ0n) is 17.1. The molecule has 0 aromatic rings. The highest BCUT2D eigenvalue weighted by Gasteiger charge is 2.69. The van der Waals surface area contributed by atoms with E-state index in [9.17, 15) is 4.79 Å². The molecule has 2 aliphatic heterocycles. The number of ether oxygens (including phenoxy) is 4. The summed E-state index contributed by atoms with van der Waals surface area (Å²) in [6.45, 7) is 7.29. The fourth-order valence-electron chi connectivity index (χ4n) is 8.08. The van der Waals surface area contributed by atoms with Gasteiger partial charge >= 0.3 is 0 Å². The second-order valence-electron chi connectivity index (χ2n) is 10.4. The van der Waals surface area contributed by atoms with E-state index in [1.165, 1.54) is 5.57 Å². The summed E-state index contributed by atoms with van der Waals surface area (Å²) >= 11 is 0. The van der Waals surface area contributed by atoms with E-state index in [2.05, 4.69) is 19.9 Å². The molecule has 2 saturated heterocycles. The maximum atomic E-state index is 13.7. The molecule has 5 nitrogen and oxygen atoms in total. The Hall–Kier alpha value is -0.750. The van der Waals surface area contributed by atoms with Gasteiger partial charge in [0.15, 0.2) is 11.6 Å². The van der Waals surface area contributed by atoms with E-state index in [1.807, 2.05) is 0 Å². The first-order chi connectivity index (χ1) is 13.4. The summed E-state index contributed by atoms with van der Waals surface area (Å²) in [5.41, 5.74) is 1.18. The lowest BCUT2D eigenvalue weighted by Crippen LogP contribution is -2.59. The predicted molar refractivity (Wildman–Crippen MR) is 101 cm³/mol. The highest BCUT2D eigenvalue weighted by Crippen LogP contribution is 2.68. The van der Waals surface area contributed by atoms with Crippen LogP contribution < -0.4 is 0 Å². The number of Topliss-reactive ketones (excluding diaryl/α,β-unsaturated/α-hetero) is 1. The number of allylic oxidation sites excluding steroid dienone is 1. The lowest BCUT2D eigenvalue weighted by atomic mass is 9.46. The standard InChI is InChI=1S/C23H32O5/c1-20-7-8-22(25-9-10-26-22)13-15(20)3-4-16-17-5-6-23(27-11-12-28-23)21(17,2)14-18(24)19(16)20/h13,16-17,19H,3-12,14H2,1-2H3/t16-,17-,19+,20-,21-/m1/s1. The smallest absolute Gasteiger partial charge is 0.188 e. The molecule has 0 N–H and O–H groups in total. The minimum Gasteiger partial charge on any atom is -0.347 e. The Labute approximate surface area is 167 Å². The van der Waals surface area contributed by atoms with Crippen molar-refractivity contribution in [2.24, 2.45) is 28.6 Å². The fourth-order valence-corrected chi connectivity index (χ4v) is 8.08. The largest absolute Gasteiger partial charge is 0.347 e. The van der Waals surface area contributed by atoms with Crippen LogP contribution in [0.2, 0.25) is 0 Å². The molecule has 4 aliphatic carbocycles. The van der Waals surface area contributed by atoms with Crippen LogP contribution in [0.3, 0.4) is 0 Å². The molecule has 0 amide bonds. The van der Waals surface area contributed by atoms with Crippen LogP contribution in [0, 0.1) is 28.6 Å². The summed E-state index contributed by atoms with van der Waals surface area (Å²) in [5, 5.41) is 0. The van der Waals surface area contributed by atoms with E-state index < -0.39 is 11.6 Å². The van der Waals surface area contributed by atoms with Crippen LogP contribution in [-0.2, 0) is 23.7 Å². The molecular weight excluding hydrogens is 356 g/mol. The number of hydrogen-bond donors (Lipinski definition) is 0. The zero-order valence-corrected chi connectivity index (χ0v) is 17.1. The van der Waals surface area contributed by atoms with Crippen molar-refractivity contribution in [3.8, 4) is 0 Å². The van der Waals surface area contributed by atoms with Gasteiger partial charge in [-0.05, 0) is 49.0 Å². The summed E-state index contributed by atoms with van der Waals surface area (Å²) < 4.78 is 24.3. The molecule has 2 spiro atoms. The van der Waals surface area contributed by atoms with Gasteiger partial charge in [0.2, 0.25) is 0 Å². The van der Waals surface area contributed by atoms with Crippen LogP contribution in [0.1, 0.15) is 58.8 Å². The monoisotopic (exact) mass is 388 g/mol. The molecule has 5 atom stereocenters. The SMILES string of the molecule is C[C@@]12CCC3(C=C1CC[C@H]1[C@H]2C(=O)C[C@]2(C)[C@@H]1CCC21OCCO1)OCCO3. The van der Waals surface area contributed by atoms with Gasteiger partial charge < -0.3 is 18.9 Å². The van der Waals surface area contributed by atoms with Crippen molar-refractivity contribution in [1.82, 2.24) is 0 Å². The number of carbonyl (C=O) groups excluding carboxylic acids is 1. The third-order valence-electron chi connectivity index (χ3n) is 9.39. The molecule has 0 aromatic heterocycles. The van der Waals surface area contributed by atoms with Gasteiger partial charge in [0.05, 0.1) is 26.4 Å². The molecule has 3 saturated carbocycles. The van der Waals surface area contributed by atoms with Crippen LogP contribution in [-0.4, -0.2) is 43.8 Å². The number of carbonyl (C=O) groups is 1. The summed E-state index contributed by atoms with van der Waals surface area (Å²) in [5.74, 6) is 0.484. The van der Waals surface area contributed by atoms with Gasteiger partial charge in [0.1, 0.15) is 5.78 Å².